The minimum atomic E-state index is -0.655. The van der Waals surface area contributed by atoms with Gasteiger partial charge in [-0.2, -0.15) is 0 Å². The van der Waals surface area contributed by atoms with Gasteiger partial charge in [-0.25, -0.2) is 9.59 Å². The molecule has 3 aromatic rings. The van der Waals surface area contributed by atoms with Crippen molar-refractivity contribution in [2.24, 2.45) is 0 Å². The van der Waals surface area contributed by atoms with Crippen molar-refractivity contribution >= 4 is 35.1 Å². The number of rotatable bonds is 9. The van der Waals surface area contributed by atoms with E-state index in [1.54, 1.807) is 80.3 Å². The highest BCUT2D eigenvalue weighted by molar-refractivity contribution is 6.06. The number of nitrogens with zero attached hydrogens (tertiary/aromatic N) is 2. The van der Waals surface area contributed by atoms with E-state index < -0.39 is 11.7 Å². The van der Waals surface area contributed by atoms with Gasteiger partial charge in [0.15, 0.2) is 11.5 Å². The highest BCUT2D eigenvalue weighted by Gasteiger charge is 2.19. The molecule has 0 aliphatic carbocycles. The number of hydrogen-bond acceptors (Lipinski definition) is 7. The number of anilines is 3. The summed E-state index contributed by atoms with van der Waals surface area (Å²) in [6.07, 6.45) is -0.615. The number of ether oxygens (including phenoxy) is 3. The van der Waals surface area contributed by atoms with E-state index in [9.17, 15) is 14.4 Å². The first-order valence-electron chi connectivity index (χ1n) is 14.1. The third-order valence-electron chi connectivity index (χ3n) is 6.30. The molecule has 11 nitrogen and oxygen atoms in total. The first-order chi connectivity index (χ1) is 20.5. The molecule has 3 aromatic carbocycles. The van der Waals surface area contributed by atoms with Gasteiger partial charge in [0.2, 0.25) is 0 Å². The average molecular weight is 590 g/mol. The molecule has 0 saturated carbocycles. The van der Waals surface area contributed by atoms with Gasteiger partial charge in [0, 0.05) is 37.0 Å². The van der Waals surface area contributed by atoms with E-state index in [1.807, 2.05) is 31.1 Å². The Morgan fingerprint density at radius 1 is 0.814 bits per heavy atom. The number of likely N-dealkylation sites (N-methyl/N-ethyl adjacent to an activating group) is 1. The summed E-state index contributed by atoms with van der Waals surface area (Å²) in [4.78, 5) is 42.3. The number of nitrogens with one attached hydrogen (secondary N) is 3. The summed E-state index contributed by atoms with van der Waals surface area (Å²) in [5.74, 6) is 0.910. The van der Waals surface area contributed by atoms with Crippen molar-refractivity contribution < 1.29 is 28.6 Å². The van der Waals surface area contributed by atoms with E-state index in [0.717, 1.165) is 5.56 Å². The summed E-state index contributed by atoms with van der Waals surface area (Å²) in [5.41, 5.74) is 2.10. The lowest BCUT2D eigenvalue weighted by Gasteiger charge is -2.25. The predicted molar refractivity (Wildman–Crippen MR) is 166 cm³/mol. The maximum absolute atomic E-state index is 13.3. The molecule has 0 unspecified atom stereocenters. The Kier molecular flexibility index (Phi) is 10.1. The van der Waals surface area contributed by atoms with Crippen LogP contribution in [0.5, 0.6) is 11.5 Å². The summed E-state index contributed by atoms with van der Waals surface area (Å²) in [6, 6.07) is 19.0. The maximum atomic E-state index is 13.3. The minimum absolute atomic E-state index is 0.255. The number of amides is 4. The van der Waals surface area contributed by atoms with Crippen LogP contribution < -0.4 is 25.4 Å². The number of para-hydroxylation sites is 2. The highest BCUT2D eigenvalue weighted by Crippen LogP contribution is 2.32. The second-order valence-corrected chi connectivity index (χ2v) is 11.3. The first kappa shape index (κ1) is 31.2. The Labute approximate surface area is 252 Å². The normalized spacial score (nSPS) is 12.3. The molecule has 4 rings (SSSR count). The highest BCUT2D eigenvalue weighted by atomic mass is 16.6. The van der Waals surface area contributed by atoms with Gasteiger partial charge in [-0.3, -0.25) is 10.1 Å². The molecule has 0 spiro atoms. The molecule has 0 radical (unpaired) electrons. The molecular formula is C32H39N5O6. The van der Waals surface area contributed by atoms with Crippen LogP contribution in [0, 0.1) is 0 Å². The first-order valence-corrected chi connectivity index (χ1v) is 14.1. The lowest BCUT2D eigenvalue weighted by Crippen LogP contribution is -2.39. The van der Waals surface area contributed by atoms with Crippen LogP contribution in [-0.4, -0.2) is 73.8 Å². The second kappa shape index (κ2) is 13.9. The van der Waals surface area contributed by atoms with Crippen molar-refractivity contribution in [1.29, 1.82) is 0 Å². The number of urea groups is 1. The number of benzene rings is 3. The Morgan fingerprint density at radius 2 is 1.47 bits per heavy atom. The van der Waals surface area contributed by atoms with Crippen LogP contribution in [0.25, 0.3) is 0 Å². The van der Waals surface area contributed by atoms with Crippen molar-refractivity contribution in [3.05, 3.63) is 77.9 Å². The smallest absolute Gasteiger partial charge is 0.412 e. The third-order valence-corrected chi connectivity index (χ3v) is 6.30. The third kappa shape index (κ3) is 9.37. The Bertz CT molecular complexity index is 1430. The summed E-state index contributed by atoms with van der Waals surface area (Å²) in [6.45, 7) is 7.79. The van der Waals surface area contributed by atoms with Crippen LogP contribution in [0.4, 0.5) is 26.7 Å². The van der Waals surface area contributed by atoms with E-state index in [2.05, 4.69) is 16.0 Å². The van der Waals surface area contributed by atoms with E-state index in [0.29, 0.717) is 67.0 Å². The van der Waals surface area contributed by atoms with Crippen molar-refractivity contribution in [1.82, 2.24) is 9.80 Å². The van der Waals surface area contributed by atoms with Crippen LogP contribution in [0.1, 0.15) is 36.7 Å². The van der Waals surface area contributed by atoms with E-state index in [-0.39, 0.29) is 11.9 Å². The molecule has 1 aliphatic heterocycles. The zero-order valence-electron chi connectivity index (χ0n) is 25.2. The molecule has 0 bridgehead atoms. The second-order valence-electron chi connectivity index (χ2n) is 11.3. The fraction of sp³-hybridized carbons (Fsp3) is 0.344. The van der Waals surface area contributed by atoms with Crippen LogP contribution in [0.3, 0.4) is 0 Å². The van der Waals surface area contributed by atoms with Crippen molar-refractivity contribution in [3.63, 3.8) is 0 Å². The van der Waals surface area contributed by atoms with Gasteiger partial charge >= 0.3 is 12.1 Å². The number of hydrogen-bond donors (Lipinski definition) is 3. The molecule has 228 valence electrons. The number of carbonyl (C=O) groups excluding carboxylic acids is 3. The fourth-order valence-electron chi connectivity index (χ4n) is 4.19. The van der Waals surface area contributed by atoms with Gasteiger partial charge in [0.1, 0.15) is 18.8 Å². The molecule has 0 fully saturated rings. The van der Waals surface area contributed by atoms with Gasteiger partial charge in [0.05, 0.1) is 11.4 Å². The van der Waals surface area contributed by atoms with Crippen molar-refractivity contribution in [2.45, 2.75) is 32.9 Å². The quantitative estimate of drug-likeness (QED) is 0.295. The van der Waals surface area contributed by atoms with Crippen LogP contribution in [0.15, 0.2) is 66.7 Å². The lowest BCUT2D eigenvalue weighted by atomic mass is 10.1. The average Bonchev–Trinajstić information content (AvgIpc) is 2.95. The number of fused-ring (bicyclic) bond motifs is 1. The number of carbonyl (C=O) groups is 3. The zero-order valence-corrected chi connectivity index (χ0v) is 25.2. The van der Waals surface area contributed by atoms with Crippen molar-refractivity contribution in [3.8, 4) is 11.5 Å². The Morgan fingerprint density at radius 3 is 2.12 bits per heavy atom. The molecule has 1 aliphatic rings. The van der Waals surface area contributed by atoms with Crippen LogP contribution in [0.2, 0.25) is 0 Å². The molecule has 3 N–H and O–H groups in total. The van der Waals surface area contributed by atoms with Gasteiger partial charge in [0.25, 0.3) is 5.91 Å². The zero-order chi connectivity index (χ0) is 31.0. The topological polar surface area (TPSA) is 121 Å². The van der Waals surface area contributed by atoms with E-state index >= 15 is 0 Å². The molecule has 1 heterocycles. The Hall–Kier alpha value is -4.77. The summed E-state index contributed by atoms with van der Waals surface area (Å²) >= 11 is 0. The molecule has 4 amide bonds. The Balaban J connectivity index is 1.41. The molecule has 0 aromatic heterocycles. The molecule has 0 atom stereocenters. The van der Waals surface area contributed by atoms with Crippen LogP contribution >= 0.6 is 0 Å². The monoisotopic (exact) mass is 589 g/mol. The summed E-state index contributed by atoms with van der Waals surface area (Å²) in [7, 11) is 3.90. The van der Waals surface area contributed by atoms with Crippen LogP contribution in [-0.2, 0) is 11.3 Å². The van der Waals surface area contributed by atoms with E-state index in [1.165, 1.54) is 0 Å². The van der Waals surface area contributed by atoms with Crippen molar-refractivity contribution in [2.75, 3.05) is 56.3 Å². The summed E-state index contributed by atoms with van der Waals surface area (Å²) in [5, 5.41) is 8.48. The predicted octanol–water partition coefficient (Wildman–Crippen LogP) is 5.65. The van der Waals surface area contributed by atoms with Gasteiger partial charge in [-0.1, -0.05) is 24.3 Å². The van der Waals surface area contributed by atoms with Gasteiger partial charge in [-0.05, 0) is 76.8 Å². The standard InChI is InChI=1S/C32H39N5O6/c1-32(2,3)43-31(40)35-26-9-7-6-8-25(26)34-29(38)23-12-10-22(11-13-23)21-37(17-16-36(4)5)30(39)33-24-14-15-27-28(20-24)42-19-18-41-27/h6-15,20H,16-19,21H2,1-5H3,(H,33,39)(H,34,38)(H,35,40). The SMILES string of the molecule is CN(C)CCN(Cc1ccc(C(=O)Nc2ccccc2NC(=O)OC(C)(C)C)cc1)C(=O)Nc1ccc2c(c1)OCCO2. The summed E-state index contributed by atoms with van der Waals surface area (Å²) < 4.78 is 16.5. The molecule has 11 heteroatoms. The van der Waals surface area contributed by atoms with E-state index in [4.69, 9.17) is 14.2 Å². The molecule has 0 saturated heterocycles. The minimum Gasteiger partial charge on any atom is -0.486 e. The lowest BCUT2D eigenvalue weighted by molar-refractivity contribution is 0.0635. The molecular weight excluding hydrogens is 550 g/mol. The maximum Gasteiger partial charge on any atom is 0.412 e. The van der Waals surface area contributed by atoms with Gasteiger partial charge < -0.3 is 34.6 Å². The largest absolute Gasteiger partial charge is 0.486 e. The fourth-order valence-corrected chi connectivity index (χ4v) is 4.19. The molecule has 43 heavy (non-hydrogen) atoms. The van der Waals surface area contributed by atoms with Gasteiger partial charge in [-0.15, -0.1) is 0 Å².